The number of carbonyl (C=O) groups is 1. The number of hydrogen-bond donors (Lipinski definition) is 1. The highest BCUT2D eigenvalue weighted by Crippen LogP contribution is 2.24. The summed E-state index contributed by atoms with van der Waals surface area (Å²) in [5.74, 6) is 1.28. The molecule has 0 atom stereocenters. The number of benzene rings is 2. The molecule has 0 saturated heterocycles. The van der Waals surface area contributed by atoms with Crippen LogP contribution in [-0.2, 0) is 10.5 Å². The monoisotopic (exact) mass is 346 g/mol. The summed E-state index contributed by atoms with van der Waals surface area (Å²) in [6.45, 7) is 2.40. The molecular formula is C17H18N2O4S. The maximum Gasteiger partial charge on any atom is 0.269 e. The summed E-state index contributed by atoms with van der Waals surface area (Å²) < 4.78 is 5.46. The average Bonchev–Trinajstić information content (AvgIpc) is 2.57. The van der Waals surface area contributed by atoms with Gasteiger partial charge in [0, 0.05) is 17.9 Å². The maximum absolute atomic E-state index is 12.0. The molecule has 0 heterocycles. The number of nitro benzene ring substituents is 1. The Kier molecular flexibility index (Phi) is 6.62. The van der Waals surface area contributed by atoms with Gasteiger partial charge in [0.05, 0.1) is 23.0 Å². The predicted molar refractivity (Wildman–Crippen MR) is 95.5 cm³/mol. The van der Waals surface area contributed by atoms with Crippen LogP contribution in [0, 0.1) is 10.1 Å². The van der Waals surface area contributed by atoms with E-state index in [-0.39, 0.29) is 17.3 Å². The molecule has 7 heteroatoms. The second-order valence-corrected chi connectivity index (χ2v) is 5.88. The van der Waals surface area contributed by atoms with Gasteiger partial charge in [-0.1, -0.05) is 24.3 Å². The van der Waals surface area contributed by atoms with Crippen molar-refractivity contribution in [3.05, 3.63) is 64.2 Å². The van der Waals surface area contributed by atoms with E-state index >= 15 is 0 Å². The Bertz CT molecular complexity index is 721. The van der Waals surface area contributed by atoms with Crippen LogP contribution >= 0.6 is 11.8 Å². The molecule has 0 aliphatic carbocycles. The van der Waals surface area contributed by atoms with Crippen molar-refractivity contribution >= 4 is 29.0 Å². The fraction of sp³-hybridized carbons (Fsp3) is 0.235. The third-order valence-corrected chi connectivity index (χ3v) is 4.09. The molecule has 2 aromatic carbocycles. The highest BCUT2D eigenvalue weighted by molar-refractivity contribution is 7.99. The van der Waals surface area contributed by atoms with Crippen LogP contribution in [0.25, 0.3) is 0 Å². The Hall–Kier alpha value is -2.54. The van der Waals surface area contributed by atoms with Crippen molar-refractivity contribution in [2.45, 2.75) is 12.7 Å². The Morgan fingerprint density at radius 1 is 1.25 bits per heavy atom. The summed E-state index contributed by atoms with van der Waals surface area (Å²) >= 11 is 1.40. The molecule has 0 spiro atoms. The van der Waals surface area contributed by atoms with Gasteiger partial charge in [0.15, 0.2) is 0 Å². The smallest absolute Gasteiger partial charge is 0.269 e. The number of anilines is 1. The Morgan fingerprint density at radius 3 is 2.79 bits per heavy atom. The van der Waals surface area contributed by atoms with Crippen LogP contribution in [0.3, 0.4) is 0 Å². The van der Waals surface area contributed by atoms with Crippen LogP contribution < -0.4 is 10.1 Å². The van der Waals surface area contributed by atoms with Gasteiger partial charge in [0.2, 0.25) is 5.91 Å². The molecule has 2 aromatic rings. The van der Waals surface area contributed by atoms with Crippen LogP contribution in [0.15, 0.2) is 48.5 Å². The first-order valence-electron chi connectivity index (χ1n) is 7.43. The number of nitrogens with one attached hydrogen (secondary N) is 1. The van der Waals surface area contributed by atoms with Crippen LogP contribution in [0.2, 0.25) is 0 Å². The molecule has 0 aromatic heterocycles. The van der Waals surface area contributed by atoms with Crippen molar-refractivity contribution < 1.29 is 14.5 Å². The fourth-order valence-corrected chi connectivity index (χ4v) is 2.83. The Labute approximate surface area is 144 Å². The number of ether oxygens (including phenoxy) is 1. The van der Waals surface area contributed by atoms with E-state index in [1.807, 2.05) is 25.1 Å². The zero-order valence-corrected chi connectivity index (χ0v) is 14.0. The van der Waals surface area contributed by atoms with E-state index in [4.69, 9.17) is 4.74 Å². The number of para-hydroxylation sites is 2. The van der Waals surface area contributed by atoms with Gasteiger partial charge in [-0.2, -0.15) is 0 Å². The molecule has 24 heavy (non-hydrogen) atoms. The van der Waals surface area contributed by atoms with Gasteiger partial charge in [0.1, 0.15) is 5.75 Å². The number of rotatable bonds is 8. The third-order valence-electron chi connectivity index (χ3n) is 3.08. The summed E-state index contributed by atoms with van der Waals surface area (Å²) in [5, 5.41) is 13.6. The third kappa shape index (κ3) is 5.27. The first-order chi connectivity index (χ1) is 11.6. The number of hydrogen-bond acceptors (Lipinski definition) is 5. The minimum atomic E-state index is -0.425. The molecule has 2 rings (SSSR count). The summed E-state index contributed by atoms with van der Waals surface area (Å²) in [7, 11) is 0. The molecule has 0 aliphatic rings. The van der Waals surface area contributed by atoms with Crippen LogP contribution in [0.5, 0.6) is 5.75 Å². The van der Waals surface area contributed by atoms with E-state index in [9.17, 15) is 14.9 Å². The summed E-state index contributed by atoms with van der Waals surface area (Å²) in [6.07, 6.45) is 0. The Balaban J connectivity index is 1.86. The van der Waals surface area contributed by atoms with E-state index in [2.05, 4.69) is 5.32 Å². The molecule has 126 valence electrons. The van der Waals surface area contributed by atoms with Crippen LogP contribution in [0.1, 0.15) is 12.5 Å². The van der Waals surface area contributed by atoms with Gasteiger partial charge in [-0.15, -0.1) is 11.8 Å². The van der Waals surface area contributed by atoms with Crippen molar-refractivity contribution in [3.63, 3.8) is 0 Å². The van der Waals surface area contributed by atoms with Crippen molar-refractivity contribution in [3.8, 4) is 5.75 Å². The Morgan fingerprint density at radius 2 is 2.04 bits per heavy atom. The molecular weight excluding hydrogens is 328 g/mol. The number of amides is 1. The minimum absolute atomic E-state index is 0.0585. The van der Waals surface area contributed by atoms with Crippen LogP contribution in [0.4, 0.5) is 11.4 Å². The minimum Gasteiger partial charge on any atom is -0.492 e. The van der Waals surface area contributed by atoms with E-state index in [0.717, 1.165) is 5.56 Å². The number of nitro groups is 1. The largest absolute Gasteiger partial charge is 0.492 e. The van der Waals surface area contributed by atoms with Gasteiger partial charge < -0.3 is 10.1 Å². The number of nitrogens with zero attached hydrogens (tertiary/aromatic N) is 1. The summed E-state index contributed by atoms with van der Waals surface area (Å²) in [6, 6.07) is 13.7. The molecule has 6 nitrogen and oxygen atoms in total. The second kappa shape index (κ2) is 8.93. The van der Waals surface area contributed by atoms with Crippen LogP contribution in [-0.4, -0.2) is 23.2 Å². The molecule has 0 aliphatic heterocycles. The lowest BCUT2D eigenvalue weighted by molar-refractivity contribution is -0.384. The zero-order valence-electron chi connectivity index (χ0n) is 13.2. The average molecular weight is 346 g/mol. The normalized spacial score (nSPS) is 10.2. The summed E-state index contributed by atoms with van der Waals surface area (Å²) in [5.41, 5.74) is 1.51. The molecule has 0 unspecified atom stereocenters. The van der Waals surface area contributed by atoms with Gasteiger partial charge in [-0.3, -0.25) is 14.9 Å². The molecule has 0 bridgehead atoms. The number of thioether (sulfide) groups is 1. The molecule has 0 radical (unpaired) electrons. The lowest BCUT2D eigenvalue weighted by atomic mass is 10.2. The van der Waals surface area contributed by atoms with E-state index < -0.39 is 4.92 Å². The maximum atomic E-state index is 12.0. The highest BCUT2D eigenvalue weighted by atomic mass is 32.2. The molecule has 1 amide bonds. The van der Waals surface area contributed by atoms with E-state index in [0.29, 0.717) is 23.8 Å². The quantitative estimate of drug-likeness (QED) is 0.580. The van der Waals surface area contributed by atoms with Crippen molar-refractivity contribution in [1.29, 1.82) is 0 Å². The van der Waals surface area contributed by atoms with Gasteiger partial charge in [-0.05, 0) is 24.6 Å². The zero-order chi connectivity index (χ0) is 17.4. The van der Waals surface area contributed by atoms with E-state index in [1.165, 1.54) is 23.9 Å². The molecule has 0 saturated carbocycles. The van der Waals surface area contributed by atoms with Crippen molar-refractivity contribution in [2.24, 2.45) is 0 Å². The first-order valence-corrected chi connectivity index (χ1v) is 8.58. The van der Waals surface area contributed by atoms with Gasteiger partial charge in [-0.25, -0.2) is 0 Å². The van der Waals surface area contributed by atoms with Gasteiger partial charge in [0.25, 0.3) is 5.69 Å². The second-order valence-electron chi connectivity index (χ2n) is 4.90. The highest BCUT2D eigenvalue weighted by Gasteiger charge is 2.09. The lowest BCUT2D eigenvalue weighted by Gasteiger charge is -2.11. The lowest BCUT2D eigenvalue weighted by Crippen LogP contribution is -2.15. The van der Waals surface area contributed by atoms with Crippen molar-refractivity contribution in [2.75, 3.05) is 17.7 Å². The van der Waals surface area contributed by atoms with Crippen molar-refractivity contribution in [1.82, 2.24) is 0 Å². The SMILES string of the molecule is CCOc1ccccc1NC(=O)CSCc1cccc([N+](=O)[O-])c1. The van der Waals surface area contributed by atoms with E-state index in [1.54, 1.807) is 18.2 Å². The standard InChI is InChI=1S/C17H18N2O4S/c1-2-23-16-9-4-3-8-15(16)18-17(20)12-24-11-13-6-5-7-14(10-13)19(21)22/h3-10H,2,11-12H2,1H3,(H,18,20). The topological polar surface area (TPSA) is 81.5 Å². The molecule has 0 fully saturated rings. The summed E-state index contributed by atoms with van der Waals surface area (Å²) in [4.78, 5) is 22.4. The first kappa shape index (κ1) is 17.8. The van der Waals surface area contributed by atoms with Gasteiger partial charge >= 0.3 is 0 Å². The fourth-order valence-electron chi connectivity index (χ4n) is 2.06. The molecule has 1 N–H and O–H groups in total. The number of non-ortho nitro benzene ring substituents is 1. The number of carbonyl (C=O) groups excluding carboxylic acids is 1. The predicted octanol–water partition coefficient (Wildman–Crippen LogP) is 3.87.